The Kier molecular flexibility index (Phi) is 9.00. The van der Waals surface area contributed by atoms with Crippen LogP contribution in [0.2, 0.25) is 0 Å². The molecule has 0 bridgehead atoms. The Bertz CT molecular complexity index is 2190. The van der Waals surface area contributed by atoms with E-state index < -0.39 is 12.1 Å². The first-order chi connectivity index (χ1) is 26.3. The highest BCUT2D eigenvalue weighted by Gasteiger charge is 2.42. The van der Waals surface area contributed by atoms with Crippen LogP contribution in [0.3, 0.4) is 0 Å². The fourth-order valence-corrected chi connectivity index (χ4v) is 9.74. The van der Waals surface area contributed by atoms with Crippen molar-refractivity contribution in [1.29, 1.82) is 0 Å². The Morgan fingerprint density at radius 2 is 1.69 bits per heavy atom. The molecule has 2 amide bonds. The summed E-state index contributed by atoms with van der Waals surface area (Å²) in [5.74, 6) is 1.59. The second-order valence-electron chi connectivity index (χ2n) is 16.3. The van der Waals surface area contributed by atoms with Gasteiger partial charge < -0.3 is 30.2 Å². The molecule has 2 saturated heterocycles. The van der Waals surface area contributed by atoms with Crippen LogP contribution in [0, 0.1) is 11.3 Å². The molecule has 11 heteroatoms. The average molecular weight is 727 g/mol. The third kappa shape index (κ3) is 6.26. The molecule has 5 heterocycles. The van der Waals surface area contributed by atoms with Gasteiger partial charge in [0.2, 0.25) is 5.91 Å². The van der Waals surface area contributed by atoms with Crippen molar-refractivity contribution in [2.45, 2.75) is 96.2 Å². The molecule has 0 radical (unpaired) electrons. The largest absolute Gasteiger partial charge is 0.453 e. The minimum absolute atomic E-state index is 0.0884. The van der Waals surface area contributed by atoms with Gasteiger partial charge in [0.05, 0.1) is 47.8 Å². The number of hydrogen-bond acceptors (Lipinski definition) is 7. The maximum Gasteiger partial charge on any atom is 0.407 e. The predicted octanol–water partition coefficient (Wildman–Crippen LogP) is 7.81. The molecular formula is C43H50N8O3. The van der Waals surface area contributed by atoms with E-state index in [-0.39, 0.29) is 17.9 Å². The van der Waals surface area contributed by atoms with Crippen molar-refractivity contribution in [3.8, 4) is 33.6 Å². The van der Waals surface area contributed by atoms with Crippen LogP contribution < -0.4 is 10.6 Å². The zero-order valence-corrected chi connectivity index (χ0v) is 31.5. The van der Waals surface area contributed by atoms with Crippen LogP contribution in [0.25, 0.3) is 44.7 Å². The van der Waals surface area contributed by atoms with E-state index in [1.165, 1.54) is 67.0 Å². The topological polar surface area (TPSA) is 141 Å². The SMILES string of the molecule is COC(=O)N[C@H](C(=O)N1CCCC1c1ncc(-c2ccc(-c3ccc(-c4ccc5nc(C6CCCN6)[nH]c5c4)c4c3CC3(CCCC3)C4)nc2)[nH]1)C(C)C. The number of carbonyl (C=O) groups is 2. The highest BCUT2D eigenvalue weighted by atomic mass is 16.5. The molecule has 4 aliphatic rings. The second-order valence-corrected chi connectivity index (χ2v) is 16.3. The van der Waals surface area contributed by atoms with Crippen molar-refractivity contribution in [3.63, 3.8) is 0 Å². The lowest BCUT2D eigenvalue weighted by molar-refractivity contribution is -0.135. The van der Waals surface area contributed by atoms with Gasteiger partial charge >= 0.3 is 6.09 Å². The number of H-pyrrole nitrogens is 2. The van der Waals surface area contributed by atoms with E-state index in [1.807, 2.05) is 31.1 Å². The first kappa shape index (κ1) is 34.7. The van der Waals surface area contributed by atoms with Crippen molar-refractivity contribution in [2.24, 2.45) is 11.3 Å². The van der Waals surface area contributed by atoms with Crippen molar-refractivity contribution < 1.29 is 14.3 Å². The van der Waals surface area contributed by atoms with Crippen LogP contribution in [0.15, 0.2) is 54.9 Å². The summed E-state index contributed by atoms with van der Waals surface area (Å²) in [6.07, 6.45) is 14.6. The number of likely N-dealkylation sites (tertiary alicyclic amines) is 1. The molecule has 9 rings (SSSR count). The lowest BCUT2D eigenvalue weighted by Crippen LogP contribution is -2.51. The number of methoxy groups -OCH3 is 1. The van der Waals surface area contributed by atoms with Gasteiger partial charge in [-0.25, -0.2) is 14.8 Å². The smallest absolute Gasteiger partial charge is 0.407 e. The van der Waals surface area contributed by atoms with Gasteiger partial charge in [-0.15, -0.1) is 0 Å². The number of carbonyl (C=O) groups excluding carboxylic acids is 2. The number of benzene rings is 2. The average Bonchev–Trinajstić information content (AvgIpc) is 4.04. The number of fused-ring (bicyclic) bond motifs is 2. The van der Waals surface area contributed by atoms with E-state index in [4.69, 9.17) is 19.7 Å². The molecule has 280 valence electrons. The summed E-state index contributed by atoms with van der Waals surface area (Å²) in [6.45, 7) is 5.51. The summed E-state index contributed by atoms with van der Waals surface area (Å²) in [7, 11) is 1.31. The molecule has 2 aliphatic carbocycles. The number of rotatable bonds is 8. The van der Waals surface area contributed by atoms with E-state index >= 15 is 0 Å². The molecule has 1 spiro atoms. The van der Waals surface area contributed by atoms with Crippen LogP contribution in [-0.2, 0) is 22.4 Å². The maximum absolute atomic E-state index is 13.6. The molecule has 1 saturated carbocycles. The number of amides is 2. The molecule has 2 aliphatic heterocycles. The Morgan fingerprint density at radius 1 is 0.889 bits per heavy atom. The number of aromatic amines is 2. The molecule has 2 unspecified atom stereocenters. The quantitative estimate of drug-likeness (QED) is 0.128. The van der Waals surface area contributed by atoms with Crippen LogP contribution in [0.1, 0.15) is 100 Å². The summed E-state index contributed by atoms with van der Waals surface area (Å²) >= 11 is 0. The lowest BCUT2D eigenvalue weighted by atomic mass is 9.82. The summed E-state index contributed by atoms with van der Waals surface area (Å²) < 4.78 is 4.79. The summed E-state index contributed by atoms with van der Waals surface area (Å²) in [4.78, 5) is 49.3. The van der Waals surface area contributed by atoms with Crippen LogP contribution >= 0.6 is 0 Å². The first-order valence-electron chi connectivity index (χ1n) is 19.8. The number of nitrogens with zero attached hydrogens (tertiary/aromatic N) is 4. The van der Waals surface area contributed by atoms with Gasteiger partial charge in [-0.3, -0.25) is 9.78 Å². The Balaban J connectivity index is 0.981. The third-order valence-electron chi connectivity index (χ3n) is 12.6. The molecular weight excluding hydrogens is 677 g/mol. The van der Waals surface area contributed by atoms with Gasteiger partial charge in [-0.2, -0.15) is 0 Å². The van der Waals surface area contributed by atoms with E-state index in [2.05, 4.69) is 63.1 Å². The predicted molar refractivity (Wildman–Crippen MR) is 208 cm³/mol. The van der Waals surface area contributed by atoms with E-state index in [1.54, 1.807) is 0 Å². The molecule has 5 aromatic rings. The van der Waals surface area contributed by atoms with Gasteiger partial charge in [0.25, 0.3) is 0 Å². The number of pyridine rings is 1. The minimum Gasteiger partial charge on any atom is -0.453 e. The van der Waals surface area contributed by atoms with Crippen LogP contribution in [0.4, 0.5) is 4.79 Å². The minimum atomic E-state index is -0.671. The van der Waals surface area contributed by atoms with E-state index in [0.717, 1.165) is 78.3 Å². The maximum atomic E-state index is 13.6. The lowest BCUT2D eigenvalue weighted by Gasteiger charge is -2.30. The van der Waals surface area contributed by atoms with Crippen LogP contribution in [-0.4, -0.2) is 68.1 Å². The number of aromatic nitrogens is 5. The van der Waals surface area contributed by atoms with Gasteiger partial charge in [0.1, 0.15) is 17.7 Å². The Labute approximate surface area is 316 Å². The van der Waals surface area contributed by atoms with Crippen molar-refractivity contribution in [2.75, 3.05) is 20.2 Å². The molecule has 3 fully saturated rings. The normalized spacial score (nSPS) is 21.0. The molecule has 4 N–H and O–H groups in total. The first-order valence-corrected chi connectivity index (χ1v) is 19.8. The fraction of sp³-hybridized carbons (Fsp3) is 0.465. The second kappa shape index (κ2) is 14.0. The summed E-state index contributed by atoms with van der Waals surface area (Å²) in [5, 5.41) is 6.30. The number of ether oxygens (including phenoxy) is 1. The van der Waals surface area contributed by atoms with Gasteiger partial charge in [-0.05, 0) is 116 Å². The zero-order chi connectivity index (χ0) is 37.0. The third-order valence-corrected chi connectivity index (χ3v) is 12.6. The van der Waals surface area contributed by atoms with Crippen molar-refractivity contribution in [1.82, 2.24) is 40.5 Å². The van der Waals surface area contributed by atoms with Crippen molar-refractivity contribution in [3.05, 3.63) is 77.6 Å². The van der Waals surface area contributed by atoms with E-state index in [0.29, 0.717) is 18.0 Å². The monoisotopic (exact) mass is 726 g/mol. The van der Waals surface area contributed by atoms with Gasteiger partial charge in [-0.1, -0.05) is 44.9 Å². The number of nitrogens with one attached hydrogen (secondary N) is 4. The highest BCUT2D eigenvalue weighted by Crippen LogP contribution is 2.53. The standard InChI is InChI=1S/C43H50N8O3/c1-25(2)38(50-42(53)54-3)41(52)51-19-7-9-37(51)40-46-24-36(49-40)27-11-14-32(45-23-27)29-13-12-28(30-21-43(22-31(29)30)16-4-5-17-43)26-10-15-33-35(20-26)48-39(47-33)34-8-6-18-44-34/h10-15,20,23-25,34,37-38,44H,4-9,16-19,21-22H2,1-3H3,(H,46,49)(H,47,48)(H,50,53)/t34?,37?,38-/m0/s1. The molecule has 11 nitrogen and oxygen atoms in total. The van der Waals surface area contributed by atoms with E-state index in [9.17, 15) is 9.59 Å². The van der Waals surface area contributed by atoms with Gasteiger partial charge in [0, 0.05) is 23.9 Å². The molecule has 3 aromatic heterocycles. The summed E-state index contributed by atoms with van der Waals surface area (Å²) in [5.41, 5.74) is 12.0. The highest BCUT2D eigenvalue weighted by molar-refractivity contribution is 5.87. The van der Waals surface area contributed by atoms with Crippen molar-refractivity contribution >= 4 is 23.0 Å². The zero-order valence-electron chi connectivity index (χ0n) is 31.5. The Hall–Kier alpha value is -5.03. The van der Waals surface area contributed by atoms with Crippen LogP contribution in [0.5, 0.6) is 0 Å². The Morgan fingerprint density at radius 3 is 2.43 bits per heavy atom. The van der Waals surface area contributed by atoms with Gasteiger partial charge in [0.15, 0.2) is 0 Å². The molecule has 2 aromatic carbocycles. The fourth-order valence-electron chi connectivity index (χ4n) is 9.74. The number of alkyl carbamates (subject to hydrolysis) is 1. The molecule has 3 atom stereocenters. The number of hydrogen-bond donors (Lipinski definition) is 4. The summed E-state index contributed by atoms with van der Waals surface area (Å²) in [6, 6.07) is 15.0. The molecule has 54 heavy (non-hydrogen) atoms. The number of imidazole rings is 2.